The molecule has 26 heavy (non-hydrogen) atoms. The van der Waals surface area contributed by atoms with E-state index in [1.54, 1.807) is 30.3 Å². The standard InChI is InChI=1S/C19H18N2O5/c1-4-25-13-5-7-14(8-6-13)26-19-16(24-3)11-15(21(22)23)18-17(19)12(2)9-10-20-18/h5-11H,4H2,1-3H3. The van der Waals surface area contributed by atoms with Crippen molar-refractivity contribution in [3.63, 3.8) is 0 Å². The van der Waals surface area contributed by atoms with Gasteiger partial charge in [0, 0.05) is 6.20 Å². The van der Waals surface area contributed by atoms with E-state index in [9.17, 15) is 10.1 Å². The van der Waals surface area contributed by atoms with Crippen LogP contribution in [0.3, 0.4) is 0 Å². The van der Waals surface area contributed by atoms with E-state index in [0.29, 0.717) is 23.5 Å². The Kier molecular flexibility index (Phi) is 4.88. The minimum atomic E-state index is -0.474. The van der Waals surface area contributed by atoms with Crippen LogP contribution in [0.15, 0.2) is 42.6 Å². The van der Waals surface area contributed by atoms with Crippen LogP contribution in [0.2, 0.25) is 0 Å². The summed E-state index contributed by atoms with van der Waals surface area (Å²) in [6.45, 7) is 4.33. The van der Waals surface area contributed by atoms with Gasteiger partial charge in [0.05, 0.1) is 30.1 Å². The molecule has 7 nitrogen and oxygen atoms in total. The van der Waals surface area contributed by atoms with Gasteiger partial charge in [0.15, 0.2) is 17.0 Å². The van der Waals surface area contributed by atoms with Crippen LogP contribution in [0.5, 0.6) is 23.0 Å². The lowest BCUT2D eigenvalue weighted by atomic mass is 10.1. The molecule has 0 aliphatic rings. The summed E-state index contributed by atoms with van der Waals surface area (Å²) in [5, 5.41) is 12.0. The molecule has 0 bridgehead atoms. The van der Waals surface area contributed by atoms with Crippen molar-refractivity contribution in [3.05, 3.63) is 58.3 Å². The smallest absolute Gasteiger partial charge is 0.299 e. The van der Waals surface area contributed by atoms with Gasteiger partial charge in [0.2, 0.25) is 0 Å². The number of non-ortho nitro benzene ring substituents is 1. The highest BCUT2D eigenvalue weighted by molar-refractivity contribution is 5.97. The third-order valence-electron chi connectivity index (χ3n) is 3.89. The number of benzene rings is 2. The van der Waals surface area contributed by atoms with Gasteiger partial charge in [-0.25, -0.2) is 4.98 Å². The maximum Gasteiger partial charge on any atom is 0.299 e. The second-order valence-electron chi connectivity index (χ2n) is 5.54. The molecule has 2 aromatic carbocycles. The molecule has 0 spiro atoms. The fraction of sp³-hybridized carbons (Fsp3) is 0.211. The van der Waals surface area contributed by atoms with E-state index in [-0.39, 0.29) is 17.0 Å². The molecule has 3 rings (SSSR count). The Balaban J connectivity index is 2.15. The Morgan fingerprint density at radius 1 is 1.15 bits per heavy atom. The molecular formula is C19H18N2O5. The Bertz CT molecular complexity index is 954. The van der Waals surface area contributed by atoms with Gasteiger partial charge in [-0.2, -0.15) is 0 Å². The van der Waals surface area contributed by atoms with Crippen LogP contribution in [0.4, 0.5) is 5.69 Å². The van der Waals surface area contributed by atoms with Crippen LogP contribution in [0.25, 0.3) is 10.9 Å². The number of nitro groups is 1. The summed E-state index contributed by atoms with van der Waals surface area (Å²) in [5.41, 5.74) is 0.939. The Hall–Kier alpha value is -3.35. The first-order chi connectivity index (χ1) is 12.5. The number of pyridine rings is 1. The fourth-order valence-electron chi connectivity index (χ4n) is 2.70. The van der Waals surface area contributed by atoms with Crippen LogP contribution in [-0.2, 0) is 0 Å². The van der Waals surface area contributed by atoms with E-state index < -0.39 is 4.92 Å². The lowest BCUT2D eigenvalue weighted by molar-refractivity contribution is -0.383. The zero-order chi connectivity index (χ0) is 18.7. The second kappa shape index (κ2) is 7.26. The van der Waals surface area contributed by atoms with Gasteiger partial charge in [-0.1, -0.05) is 0 Å². The summed E-state index contributed by atoms with van der Waals surface area (Å²) in [6, 6.07) is 10.2. The van der Waals surface area contributed by atoms with Crippen molar-refractivity contribution in [2.45, 2.75) is 13.8 Å². The highest BCUT2D eigenvalue weighted by Crippen LogP contribution is 2.43. The molecule has 134 valence electrons. The third-order valence-corrected chi connectivity index (χ3v) is 3.89. The zero-order valence-corrected chi connectivity index (χ0v) is 14.7. The number of methoxy groups -OCH3 is 1. The molecule has 0 saturated heterocycles. The predicted octanol–water partition coefficient (Wildman–Crippen LogP) is 4.65. The van der Waals surface area contributed by atoms with Crippen molar-refractivity contribution < 1.29 is 19.1 Å². The van der Waals surface area contributed by atoms with Crippen LogP contribution in [0.1, 0.15) is 12.5 Å². The first-order valence-electron chi connectivity index (χ1n) is 8.06. The van der Waals surface area contributed by atoms with Crippen LogP contribution in [-0.4, -0.2) is 23.6 Å². The quantitative estimate of drug-likeness (QED) is 0.473. The summed E-state index contributed by atoms with van der Waals surface area (Å²) in [4.78, 5) is 15.1. The number of aryl methyl sites for hydroxylation is 1. The maximum absolute atomic E-state index is 11.4. The predicted molar refractivity (Wildman–Crippen MR) is 97.4 cm³/mol. The van der Waals surface area contributed by atoms with Crippen molar-refractivity contribution in [1.82, 2.24) is 4.98 Å². The van der Waals surface area contributed by atoms with Gasteiger partial charge in [-0.3, -0.25) is 10.1 Å². The van der Waals surface area contributed by atoms with Gasteiger partial charge in [-0.05, 0) is 49.7 Å². The van der Waals surface area contributed by atoms with Gasteiger partial charge in [-0.15, -0.1) is 0 Å². The fourth-order valence-corrected chi connectivity index (χ4v) is 2.70. The largest absolute Gasteiger partial charge is 0.494 e. The van der Waals surface area contributed by atoms with Crippen LogP contribution in [0, 0.1) is 17.0 Å². The monoisotopic (exact) mass is 354 g/mol. The summed E-state index contributed by atoms with van der Waals surface area (Å²) < 4.78 is 16.8. The van der Waals surface area contributed by atoms with E-state index in [1.165, 1.54) is 19.4 Å². The number of nitro benzene ring substituents is 1. The number of rotatable bonds is 6. The van der Waals surface area contributed by atoms with E-state index in [1.807, 2.05) is 13.8 Å². The van der Waals surface area contributed by atoms with Gasteiger partial charge in [0.25, 0.3) is 5.69 Å². The third kappa shape index (κ3) is 3.23. The summed E-state index contributed by atoms with van der Waals surface area (Å²) in [6.07, 6.45) is 1.54. The molecule has 0 aliphatic carbocycles. The number of hydrogen-bond donors (Lipinski definition) is 0. The number of ether oxygens (including phenoxy) is 3. The van der Waals surface area contributed by atoms with Gasteiger partial charge >= 0.3 is 0 Å². The molecule has 1 heterocycles. The minimum Gasteiger partial charge on any atom is -0.494 e. The Labute approximate surface area is 150 Å². The SMILES string of the molecule is CCOc1ccc(Oc2c(OC)cc([N+](=O)[O-])c3nccc(C)c23)cc1. The highest BCUT2D eigenvalue weighted by atomic mass is 16.6. The first kappa shape index (κ1) is 17.5. The van der Waals surface area contributed by atoms with Crippen LogP contribution >= 0.6 is 0 Å². The normalized spacial score (nSPS) is 10.6. The highest BCUT2D eigenvalue weighted by Gasteiger charge is 2.23. The average molecular weight is 354 g/mol. The van der Waals surface area contributed by atoms with E-state index in [2.05, 4.69) is 4.98 Å². The molecule has 0 radical (unpaired) electrons. The molecular weight excluding hydrogens is 336 g/mol. The lowest BCUT2D eigenvalue weighted by Crippen LogP contribution is -1.99. The van der Waals surface area contributed by atoms with E-state index in [4.69, 9.17) is 14.2 Å². The number of hydrogen-bond acceptors (Lipinski definition) is 6. The van der Waals surface area contributed by atoms with Crippen molar-refractivity contribution >= 4 is 16.6 Å². The van der Waals surface area contributed by atoms with Crippen molar-refractivity contribution in [2.75, 3.05) is 13.7 Å². The molecule has 0 fully saturated rings. The molecule has 3 aromatic rings. The Morgan fingerprint density at radius 3 is 2.46 bits per heavy atom. The molecule has 0 atom stereocenters. The van der Waals surface area contributed by atoms with Crippen molar-refractivity contribution in [2.24, 2.45) is 0 Å². The first-order valence-corrected chi connectivity index (χ1v) is 8.06. The number of fused-ring (bicyclic) bond motifs is 1. The topological polar surface area (TPSA) is 83.7 Å². The lowest BCUT2D eigenvalue weighted by Gasteiger charge is -2.15. The molecule has 7 heteroatoms. The number of aromatic nitrogens is 1. The molecule has 0 unspecified atom stereocenters. The van der Waals surface area contributed by atoms with Crippen molar-refractivity contribution in [1.29, 1.82) is 0 Å². The molecule has 0 amide bonds. The van der Waals surface area contributed by atoms with E-state index >= 15 is 0 Å². The van der Waals surface area contributed by atoms with E-state index in [0.717, 1.165) is 11.3 Å². The Morgan fingerprint density at radius 2 is 1.85 bits per heavy atom. The summed E-state index contributed by atoms with van der Waals surface area (Å²) >= 11 is 0. The average Bonchev–Trinajstić information content (AvgIpc) is 2.63. The maximum atomic E-state index is 11.4. The molecule has 0 N–H and O–H groups in total. The minimum absolute atomic E-state index is 0.125. The second-order valence-corrected chi connectivity index (χ2v) is 5.54. The zero-order valence-electron chi connectivity index (χ0n) is 14.7. The summed E-state index contributed by atoms with van der Waals surface area (Å²) in [7, 11) is 1.45. The van der Waals surface area contributed by atoms with Crippen LogP contribution < -0.4 is 14.2 Å². The molecule has 0 saturated carbocycles. The van der Waals surface area contributed by atoms with Crippen molar-refractivity contribution in [3.8, 4) is 23.0 Å². The number of nitrogens with zero attached hydrogens (tertiary/aromatic N) is 2. The van der Waals surface area contributed by atoms with Gasteiger partial charge < -0.3 is 14.2 Å². The van der Waals surface area contributed by atoms with Gasteiger partial charge in [0.1, 0.15) is 11.5 Å². The molecule has 0 aliphatic heterocycles. The molecule has 1 aromatic heterocycles. The summed E-state index contributed by atoms with van der Waals surface area (Å²) in [5.74, 6) is 1.96.